The van der Waals surface area contributed by atoms with Crippen LogP contribution in [0.2, 0.25) is 0 Å². The molecule has 0 spiro atoms. The Labute approximate surface area is 222 Å². The van der Waals surface area contributed by atoms with Crippen molar-refractivity contribution in [2.75, 3.05) is 25.4 Å². The second kappa shape index (κ2) is 10.4. The van der Waals surface area contributed by atoms with E-state index in [4.69, 9.17) is 15.5 Å². The van der Waals surface area contributed by atoms with Crippen LogP contribution in [-0.2, 0) is 4.74 Å². The summed E-state index contributed by atoms with van der Waals surface area (Å²) in [6, 6.07) is 8.25. The molecule has 36 heavy (non-hydrogen) atoms. The zero-order chi connectivity index (χ0) is 26.0. The van der Waals surface area contributed by atoms with Gasteiger partial charge in [-0.2, -0.15) is 9.61 Å². The van der Waals surface area contributed by atoms with E-state index in [0.29, 0.717) is 18.0 Å². The molecule has 0 radical (unpaired) electrons. The number of fused-ring (bicyclic) bond motifs is 1. The van der Waals surface area contributed by atoms with Crippen LogP contribution in [0.3, 0.4) is 0 Å². The molecule has 0 unspecified atom stereocenters. The molecule has 0 saturated carbocycles. The summed E-state index contributed by atoms with van der Waals surface area (Å²) in [6.45, 7) is 18.7. The topological polar surface area (TPSA) is 68.7 Å². The van der Waals surface area contributed by atoms with Gasteiger partial charge in [-0.3, -0.25) is 4.90 Å². The van der Waals surface area contributed by atoms with Gasteiger partial charge in [0, 0.05) is 18.7 Å². The van der Waals surface area contributed by atoms with E-state index in [1.54, 1.807) is 10.7 Å². The van der Waals surface area contributed by atoms with Gasteiger partial charge in [0.1, 0.15) is 17.2 Å². The quantitative estimate of drug-likeness (QED) is 0.269. The van der Waals surface area contributed by atoms with Gasteiger partial charge in [-0.15, -0.1) is 0 Å². The molecule has 3 aromatic rings. The van der Waals surface area contributed by atoms with Crippen LogP contribution in [0.1, 0.15) is 49.6 Å². The van der Waals surface area contributed by atoms with Crippen molar-refractivity contribution >= 4 is 44.6 Å². The maximum Gasteiger partial charge on any atom is 0.165 e. The van der Waals surface area contributed by atoms with E-state index in [0.717, 1.165) is 57.7 Å². The molecule has 1 aliphatic rings. The third-order valence-corrected chi connectivity index (χ3v) is 6.88. The summed E-state index contributed by atoms with van der Waals surface area (Å²) in [5.74, 6) is 1.31. The number of allylic oxidation sites excluding steroid dienone is 2. The minimum atomic E-state index is -0.240. The number of ether oxygens (including phenoxy) is 1. The maximum absolute atomic E-state index is 6.51. The Hall–Kier alpha value is -3.16. The van der Waals surface area contributed by atoms with Crippen LogP contribution in [0.25, 0.3) is 22.9 Å². The standard InChI is InChI=1S/C29H34BrN5O/c1-7-21(16-23-11-9-8-10-19(23)2)24-17-32-35-27(31)25(30)26(33-28(24)35)22-12-14-34(15-13-22)18-20(3)36-29(4,5)6/h7-12,16-17H,1,3,13-15,18,31H2,2,4-6H3/b21-16+. The second-order valence-electron chi connectivity index (χ2n) is 10.1. The third-order valence-electron chi connectivity index (χ3n) is 6.10. The van der Waals surface area contributed by atoms with Crippen LogP contribution < -0.4 is 5.73 Å². The van der Waals surface area contributed by atoms with Crippen molar-refractivity contribution in [1.29, 1.82) is 0 Å². The number of nitrogens with zero attached hydrogens (tertiary/aromatic N) is 4. The Morgan fingerprint density at radius 1 is 1.28 bits per heavy atom. The summed E-state index contributed by atoms with van der Waals surface area (Å²) in [7, 11) is 0. The largest absolute Gasteiger partial charge is 0.492 e. The number of nitrogens with two attached hydrogens (primary N) is 1. The van der Waals surface area contributed by atoms with Crippen LogP contribution in [0.5, 0.6) is 0 Å². The minimum absolute atomic E-state index is 0.240. The predicted octanol–water partition coefficient (Wildman–Crippen LogP) is 6.53. The van der Waals surface area contributed by atoms with Gasteiger partial charge in [0.2, 0.25) is 0 Å². The molecule has 0 atom stereocenters. The molecule has 0 fully saturated rings. The van der Waals surface area contributed by atoms with Crippen molar-refractivity contribution in [3.05, 3.63) is 88.4 Å². The fourth-order valence-corrected chi connectivity index (χ4v) is 4.87. The second-order valence-corrected chi connectivity index (χ2v) is 10.9. The average molecular weight is 549 g/mol. The van der Waals surface area contributed by atoms with E-state index in [-0.39, 0.29) is 5.60 Å². The molecule has 6 nitrogen and oxygen atoms in total. The highest BCUT2D eigenvalue weighted by molar-refractivity contribution is 9.10. The predicted molar refractivity (Wildman–Crippen MR) is 153 cm³/mol. The zero-order valence-corrected chi connectivity index (χ0v) is 23.1. The lowest BCUT2D eigenvalue weighted by Crippen LogP contribution is -2.32. The molecule has 188 valence electrons. The van der Waals surface area contributed by atoms with Crippen LogP contribution in [-0.4, -0.2) is 44.7 Å². The van der Waals surface area contributed by atoms with Crippen molar-refractivity contribution in [2.45, 2.75) is 39.7 Å². The lowest BCUT2D eigenvalue weighted by molar-refractivity contribution is 0.0405. The minimum Gasteiger partial charge on any atom is -0.492 e. The lowest BCUT2D eigenvalue weighted by atomic mass is 10.0. The number of nitrogen functional groups attached to an aromatic ring is 1. The summed E-state index contributed by atoms with van der Waals surface area (Å²) >= 11 is 3.68. The van der Waals surface area contributed by atoms with Gasteiger partial charge in [0.15, 0.2) is 5.65 Å². The van der Waals surface area contributed by atoms with Crippen molar-refractivity contribution in [3.8, 4) is 0 Å². The van der Waals surface area contributed by atoms with Gasteiger partial charge in [0.25, 0.3) is 0 Å². The molecule has 4 rings (SSSR count). The number of halogens is 1. The highest BCUT2D eigenvalue weighted by atomic mass is 79.9. The summed E-state index contributed by atoms with van der Waals surface area (Å²) in [5.41, 5.74) is 13.1. The van der Waals surface area contributed by atoms with Gasteiger partial charge >= 0.3 is 0 Å². The third kappa shape index (κ3) is 5.63. The van der Waals surface area contributed by atoms with Crippen LogP contribution in [0, 0.1) is 6.92 Å². The van der Waals surface area contributed by atoms with Crippen LogP contribution >= 0.6 is 15.9 Å². The number of anilines is 1. The molecule has 0 amide bonds. The Balaban J connectivity index is 1.66. The molecule has 3 heterocycles. The van der Waals surface area contributed by atoms with Crippen molar-refractivity contribution in [2.24, 2.45) is 0 Å². The van der Waals surface area contributed by atoms with Gasteiger partial charge < -0.3 is 10.5 Å². The van der Waals surface area contributed by atoms with Crippen LogP contribution in [0.15, 0.2) is 66.0 Å². The van der Waals surface area contributed by atoms with Crippen LogP contribution in [0.4, 0.5) is 5.82 Å². The zero-order valence-electron chi connectivity index (χ0n) is 21.5. The molecular formula is C29H34BrN5O. The molecule has 2 aromatic heterocycles. The lowest BCUT2D eigenvalue weighted by Gasteiger charge is -2.30. The fraction of sp³-hybridized carbons (Fsp3) is 0.310. The Bertz CT molecular complexity index is 1380. The Morgan fingerprint density at radius 3 is 2.67 bits per heavy atom. The van der Waals surface area contributed by atoms with Crippen molar-refractivity contribution in [1.82, 2.24) is 19.5 Å². The first-order valence-corrected chi connectivity index (χ1v) is 12.9. The molecule has 0 bridgehead atoms. The van der Waals surface area contributed by atoms with Gasteiger partial charge in [0.05, 0.1) is 22.9 Å². The Kier molecular flexibility index (Phi) is 7.52. The summed E-state index contributed by atoms with van der Waals surface area (Å²) in [6.07, 6.45) is 8.82. The summed E-state index contributed by atoms with van der Waals surface area (Å²) in [5, 5.41) is 4.53. The average Bonchev–Trinajstić information content (AvgIpc) is 3.24. The normalized spacial score (nSPS) is 15.1. The molecule has 1 aliphatic heterocycles. The highest BCUT2D eigenvalue weighted by Crippen LogP contribution is 2.34. The number of hydrogen-bond acceptors (Lipinski definition) is 5. The van der Waals surface area contributed by atoms with Gasteiger partial charge in [-0.05, 0) is 78.4 Å². The Morgan fingerprint density at radius 2 is 2.03 bits per heavy atom. The smallest absolute Gasteiger partial charge is 0.165 e. The first-order chi connectivity index (χ1) is 17.1. The van der Waals surface area contributed by atoms with Crippen molar-refractivity contribution < 1.29 is 4.74 Å². The highest BCUT2D eigenvalue weighted by Gasteiger charge is 2.22. The van der Waals surface area contributed by atoms with E-state index in [1.807, 2.05) is 39.0 Å². The van der Waals surface area contributed by atoms with Gasteiger partial charge in [-0.1, -0.05) is 49.6 Å². The fourth-order valence-electron chi connectivity index (χ4n) is 4.36. The van der Waals surface area contributed by atoms with E-state index < -0.39 is 0 Å². The molecule has 1 aromatic carbocycles. The summed E-state index contributed by atoms with van der Waals surface area (Å²) < 4.78 is 8.35. The molecular weight excluding hydrogens is 514 g/mol. The number of benzene rings is 1. The molecule has 0 aliphatic carbocycles. The van der Waals surface area contributed by atoms with E-state index in [9.17, 15) is 0 Å². The van der Waals surface area contributed by atoms with E-state index in [2.05, 4.69) is 70.3 Å². The number of hydrogen-bond donors (Lipinski definition) is 1. The number of aromatic nitrogens is 3. The molecule has 7 heteroatoms. The van der Waals surface area contributed by atoms with E-state index in [1.165, 1.54) is 5.56 Å². The first-order valence-electron chi connectivity index (χ1n) is 12.1. The van der Waals surface area contributed by atoms with E-state index >= 15 is 0 Å². The van der Waals surface area contributed by atoms with Crippen molar-refractivity contribution in [3.63, 3.8) is 0 Å². The number of aryl methyl sites for hydroxylation is 1. The molecule has 2 N–H and O–H groups in total. The first kappa shape index (κ1) is 25.9. The molecule has 0 saturated heterocycles. The maximum atomic E-state index is 6.51. The summed E-state index contributed by atoms with van der Waals surface area (Å²) in [4.78, 5) is 7.36. The monoisotopic (exact) mass is 547 g/mol. The number of rotatable bonds is 7. The van der Waals surface area contributed by atoms with Gasteiger partial charge in [-0.25, -0.2) is 4.98 Å². The SMILES string of the molecule is C=C/C(=C\c1ccccc1C)c1cnn2c(N)c(Br)c(C3=CCN(CC(=C)OC(C)(C)C)CC3)nc12.